The predicted octanol–water partition coefficient (Wildman–Crippen LogP) is 1.81. The molecule has 0 bridgehead atoms. The van der Waals surface area contributed by atoms with Gasteiger partial charge in [-0.2, -0.15) is 0 Å². The number of hydrogen-bond donors (Lipinski definition) is 1. The first-order valence-electron chi connectivity index (χ1n) is 6.54. The average Bonchev–Trinajstić information content (AvgIpc) is 2.40. The monoisotopic (exact) mass is 291 g/mol. The third-order valence-electron chi connectivity index (χ3n) is 3.62. The van der Waals surface area contributed by atoms with Crippen molar-refractivity contribution in [2.45, 2.75) is 25.8 Å². The van der Waals surface area contributed by atoms with E-state index in [1.807, 2.05) is 0 Å². The molecule has 1 aliphatic heterocycles. The van der Waals surface area contributed by atoms with Crippen molar-refractivity contribution in [1.29, 1.82) is 0 Å². The standard InChI is InChI=1S/C14H14ClN3O2/c1-8-17-10-5-2-4-9(15)12(10)14(20)18(8)11-6-3-7-16-13(11)19/h2,4-5,11H,3,6-7H2,1H3,(H,16,19). The Morgan fingerprint density at radius 2 is 2.20 bits per heavy atom. The number of fused-ring (bicyclic) bond motifs is 1. The van der Waals surface area contributed by atoms with Crippen molar-refractivity contribution in [3.05, 3.63) is 39.4 Å². The smallest absolute Gasteiger partial charge is 0.263 e. The van der Waals surface area contributed by atoms with Gasteiger partial charge in [0, 0.05) is 6.54 Å². The van der Waals surface area contributed by atoms with Crippen LogP contribution in [0.2, 0.25) is 5.02 Å². The molecule has 1 aromatic carbocycles. The molecule has 1 aromatic heterocycles. The summed E-state index contributed by atoms with van der Waals surface area (Å²) in [5.74, 6) is 0.404. The van der Waals surface area contributed by atoms with Gasteiger partial charge in [-0.1, -0.05) is 17.7 Å². The van der Waals surface area contributed by atoms with Crippen molar-refractivity contribution in [3.8, 4) is 0 Å². The summed E-state index contributed by atoms with van der Waals surface area (Å²) in [6.07, 6.45) is 1.49. The molecule has 0 radical (unpaired) electrons. The highest BCUT2D eigenvalue weighted by Gasteiger charge is 2.27. The highest BCUT2D eigenvalue weighted by Crippen LogP contribution is 2.22. The molecule has 1 N–H and O–H groups in total. The minimum absolute atomic E-state index is 0.130. The molecule has 2 aromatic rings. The first-order chi connectivity index (χ1) is 9.59. The fourth-order valence-corrected chi connectivity index (χ4v) is 2.93. The molecule has 1 atom stereocenters. The number of amides is 1. The van der Waals surface area contributed by atoms with Crippen LogP contribution in [0.1, 0.15) is 24.7 Å². The Balaban J connectivity index is 2.28. The maximum atomic E-state index is 12.7. The Kier molecular flexibility index (Phi) is 3.22. The fourth-order valence-electron chi connectivity index (χ4n) is 2.68. The second kappa shape index (κ2) is 4.90. The number of halogens is 1. The zero-order valence-corrected chi connectivity index (χ0v) is 11.8. The SMILES string of the molecule is Cc1nc2cccc(Cl)c2c(=O)n1C1CCCNC1=O. The van der Waals surface area contributed by atoms with Crippen molar-refractivity contribution in [1.82, 2.24) is 14.9 Å². The van der Waals surface area contributed by atoms with E-state index in [4.69, 9.17) is 11.6 Å². The molecular weight excluding hydrogens is 278 g/mol. The van der Waals surface area contributed by atoms with Gasteiger partial charge >= 0.3 is 0 Å². The normalized spacial score (nSPS) is 19.1. The number of aromatic nitrogens is 2. The molecule has 20 heavy (non-hydrogen) atoms. The van der Waals surface area contributed by atoms with E-state index < -0.39 is 6.04 Å². The van der Waals surface area contributed by atoms with Crippen LogP contribution in [0.4, 0.5) is 0 Å². The lowest BCUT2D eigenvalue weighted by molar-refractivity contribution is -0.126. The number of piperidine rings is 1. The minimum atomic E-state index is -0.496. The van der Waals surface area contributed by atoms with Crippen molar-refractivity contribution in [3.63, 3.8) is 0 Å². The van der Waals surface area contributed by atoms with Crippen LogP contribution in [0.25, 0.3) is 10.9 Å². The van der Waals surface area contributed by atoms with Crippen LogP contribution < -0.4 is 10.9 Å². The van der Waals surface area contributed by atoms with Gasteiger partial charge in [-0.25, -0.2) is 4.98 Å². The lowest BCUT2D eigenvalue weighted by Crippen LogP contribution is -2.42. The van der Waals surface area contributed by atoms with Gasteiger partial charge in [0.05, 0.1) is 15.9 Å². The molecule has 2 heterocycles. The van der Waals surface area contributed by atoms with Gasteiger partial charge in [-0.15, -0.1) is 0 Å². The van der Waals surface area contributed by atoms with Crippen molar-refractivity contribution in [2.24, 2.45) is 0 Å². The topological polar surface area (TPSA) is 64.0 Å². The van der Waals surface area contributed by atoms with Crippen LogP contribution in [0.15, 0.2) is 23.0 Å². The van der Waals surface area contributed by atoms with Gasteiger partial charge in [-0.3, -0.25) is 14.2 Å². The fraction of sp³-hybridized carbons (Fsp3) is 0.357. The van der Waals surface area contributed by atoms with Crippen molar-refractivity contribution >= 4 is 28.4 Å². The summed E-state index contributed by atoms with van der Waals surface area (Å²) in [4.78, 5) is 29.1. The zero-order valence-electron chi connectivity index (χ0n) is 11.0. The highest BCUT2D eigenvalue weighted by molar-refractivity contribution is 6.35. The average molecular weight is 292 g/mol. The number of carbonyl (C=O) groups is 1. The molecule has 0 spiro atoms. The van der Waals surface area contributed by atoms with Gasteiger partial charge in [0.25, 0.3) is 5.56 Å². The maximum Gasteiger partial charge on any atom is 0.263 e. The Labute approximate surface area is 120 Å². The summed E-state index contributed by atoms with van der Waals surface area (Å²) in [7, 11) is 0. The van der Waals surface area contributed by atoms with E-state index in [0.717, 1.165) is 6.42 Å². The number of benzene rings is 1. The summed E-state index contributed by atoms with van der Waals surface area (Å²) in [5.41, 5.74) is 0.313. The summed E-state index contributed by atoms with van der Waals surface area (Å²) in [6.45, 7) is 2.40. The molecule has 1 unspecified atom stereocenters. The summed E-state index contributed by atoms with van der Waals surface area (Å²) in [5, 5.41) is 3.53. The maximum absolute atomic E-state index is 12.7. The summed E-state index contributed by atoms with van der Waals surface area (Å²) >= 11 is 6.11. The summed E-state index contributed by atoms with van der Waals surface area (Å²) < 4.78 is 1.46. The first-order valence-corrected chi connectivity index (χ1v) is 6.92. The minimum Gasteiger partial charge on any atom is -0.354 e. The Bertz CT molecular complexity index is 754. The number of aryl methyl sites for hydroxylation is 1. The predicted molar refractivity (Wildman–Crippen MR) is 77.0 cm³/mol. The van der Waals surface area contributed by atoms with Gasteiger partial charge < -0.3 is 5.32 Å². The van der Waals surface area contributed by atoms with Crippen LogP contribution in [-0.4, -0.2) is 22.0 Å². The zero-order chi connectivity index (χ0) is 14.3. The Hall–Kier alpha value is -1.88. The van der Waals surface area contributed by atoms with Crippen LogP contribution in [0.3, 0.4) is 0 Å². The summed E-state index contributed by atoms with van der Waals surface area (Å²) in [6, 6.07) is 4.67. The van der Waals surface area contributed by atoms with Gasteiger partial charge in [-0.05, 0) is 31.9 Å². The molecule has 6 heteroatoms. The van der Waals surface area contributed by atoms with E-state index in [0.29, 0.717) is 34.7 Å². The van der Waals surface area contributed by atoms with E-state index in [1.165, 1.54) is 4.57 Å². The Morgan fingerprint density at radius 1 is 1.40 bits per heavy atom. The third-order valence-corrected chi connectivity index (χ3v) is 3.94. The molecule has 1 aliphatic rings. The number of hydrogen-bond acceptors (Lipinski definition) is 3. The number of nitrogens with one attached hydrogen (secondary N) is 1. The van der Waals surface area contributed by atoms with E-state index >= 15 is 0 Å². The number of rotatable bonds is 1. The lowest BCUT2D eigenvalue weighted by Gasteiger charge is -2.25. The molecule has 1 saturated heterocycles. The van der Waals surface area contributed by atoms with E-state index in [2.05, 4.69) is 10.3 Å². The van der Waals surface area contributed by atoms with Gasteiger partial charge in [0.2, 0.25) is 5.91 Å². The molecule has 104 valence electrons. The van der Waals surface area contributed by atoms with Crippen LogP contribution in [0, 0.1) is 6.92 Å². The van der Waals surface area contributed by atoms with Gasteiger partial charge in [0.1, 0.15) is 11.9 Å². The third kappa shape index (κ3) is 1.98. The van der Waals surface area contributed by atoms with Gasteiger partial charge in [0.15, 0.2) is 0 Å². The molecule has 5 nitrogen and oxygen atoms in total. The molecule has 0 aliphatic carbocycles. The quantitative estimate of drug-likeness (QED) is 0.871. The van der Waals surface area contributed by atoms with Crippen LogP contribution in [0.5, 0.6) is 0 Å². The van der Waals surface area contributed by atoms with Crippen LogP contribution in [-0.2, 0) is 4.79 Å². The van der Waals surface area contributed by atoms with Crippen molar-refractivity contribution < 1.29 is 4.79 Å². The molecule has 0 saturated carbocycles. The van der Waals surface area contributed by atoms with E-state index in [1.54, 1.807) is 25.1 Å². The molecule has 1 fully saturated rings. The molecule has 3 rings (SSSR count). The lowest BCUT2D eigenvalue weighted by atomic mass is 10.1. The number of nitrogens with zero attached hydrogens (tertiary/aromatic N) is 2. The van der Waals surface area contributed by atoms with Crippen LogP contribution >= 0.6 is 11.6 Å². The molecular formula is C14H14ClN3O2. The first kappa shape index (κ1) is 13.1. The van der Waals surface area contributed by atoms with E-state index in [-0.39, 0.29) is 11.5 Å². The molecule has 1 amide bonds. The van der Waals surface area contributed by atoms with E-state index in [9.17, 15) is 9.59 Å². The Morgan fingerprint density at radius 3 is 2.95 bits per heavy atom. The highest BCUT2D eigenvalue weighted by atomic mass is 35.5. The number of carbonyl (C=O) groups excluding carboxylic acids is 1. The largest absolute Gasteiger partial charge is 0.354 e. The second-order valence-corrected chi connectivity index (χ2v) is 5.32. The second-order valence-electron chi connectivity index (χ2n) is 4.92. The van der Waals surface area contributed by atoms with Crippen molar-refractivity contribution in [2.75, 3.05) is 6.54 Å².